The van der Waals surface area contributed by atoms with Gasteiger partial charge < -0.3 is 15.1 Å². The molecular weight excluding hydrogens is 426 g/mol. The van der Waals surface area contributed by atoms with Crippen molar-refractivity contribution in [3.05, 3.63) is 96.1 Å². The van der Waals surface area contributed by atoms with Gasteiger partial charge >= 0.3 is 0 Å². The second-order valence-corrected chi connectivity index (χ2v) is 8.82. The monoisotopic (exact) mass is 453 g/mol. The lowest BCUT2D eigenvalue weighted by Gasteiger charge is -2.30. The first-order valence-corrected chi connectivity index (χ1v) is 11.7. The lowest BCUT2D eigenvalue weighted by Crippen LogP contribution is -2.48. The van der Waals surface area contributed by atoms with Crippen LogP contribution in [0.3, 0.4) is 0 Å². The third kappa shape index (κ3) is 4.19. The van der Waals surface area contributed by atoms with Crippen LogP contribution in [0.15, 0.2) is 84.9 Å². The fraction of sp³-hybridized carbons (Fsp3) is 0.250. The summed E-state index contributed by atoms with van der Waals surface area (Å²) in [6.07, 6.45) is 2.41. The number of hydrogen-bond donors (Lipinski definition) is 1. The van der Waals surface area contributed by atoms with Gasteiger partial charge in [-0.05, 0) is 42.7 Å². The highest BCUT2D eigenvalue weighted by Crippen LogP contribution is 2.43. The molecule has 34 heavy (non-hydrogen) atoms. The van der Waals surface area contributed by atoms with E-state index in [2.05, 4.69) is 5.32 Å². The Morgan fingerprint density at radius 2 is 1.47 bits per heavy atom. The maximum atomic E-state index is 13.7. The van der Waals surface area contributed by atoms with Crippen molar-refractivity contribution in [3.8, 4) is 0 Å². The number of anilines is 2. The van der Waals surface area contributed by atoms with Gasteiger partial charge in [-0.1, -0.05) is 67.1 Å². The van der Waals surface area contributed by atoms with Crippen LogP contribution in [0.5, 0.6) is 0 Å². The molecule has 1 heterocycles. The first-order valence-electron chi connectivity index (χ1n) is 11.7. The summed E-state index contributed by atoms with van der Waals surface area (Å²) >= 11 is 0. The van der Waals surface area contributed by atoms with E-state index in [-0.39, 0.29) is 36.2 Å². The zero-order chi connectivity index (χ0) is 23.5. The fourth-order valence-corrected chi connectivity index (χ4v) is 5.11. The highest BCUT2D eigenvalue weighted by molar-refractivity contribution is 6.08. The predicted molar refractivity (Wildman–Crippen MR) is 131 cm³/mol. The minimum absolute atomic E-state index is 0.0578. The smallest absolute Gasteiger partial charge is 0.251 e. The minimum atomic E-state index is -0.290. The summed E-state index contributed by atoms with van der Waals surface area (Å²) in [6.45, 7) is 0.324. The summed E-state index contributed by atoms with van der Waals surface area (Å²) in [5.41, 5.74) is 3.00. The Hall–Kier alpha value is -3.93. The largest absolute Gasteiger partial charge is 0.343 e. The molecule has 0 radical (unpaired) electrons. The number of amides is 3. The Morgan fingerprint density at radius 3 is 2.21 bits per heavy atom. The van der Waals surface area contributed by atoms with E-state index in [0.29, 0.717) is 12.1 Å². The van der Waals surface area contributed by atoms with Crippen molar-refractivity contribution in [2.45, 2.75) is 31.8 Å². The van der Waals surface area contributed by atoms with Gasteiger partial charge in [0.15, 0.2) is 0 Å². The van der Waals surface area contributed by atoms with Crippen LogP contribution in [-0.4, -0.2) is 30.3 Å². The third-order valence-corrected chi connectivity index (χ3v) is 6.71. The van der Waals surface area contributed by atoms with Crippen LogP contribution in [0.4, 0.5) is 11.4 Å². The molecule has 2 atom stereocenters. The quantitative estimate of drug-likeness (QED) is 0.631. The molecule has 3 aromatic carbocycles. The van der Waals surface area contributed by atoms with E-state index in [9.17, 15) is 14.4 Å². The molecular formula is C28H27N3O3. The zero-order valence-corrected chi connectivity index (χ0v) is 18.9. The molecule has 3 amide bonds. The molecule has 1 fully saturated rings. The summed E-state index contributed by atoms with van der Waals surface area (Å²) < 4.78 is 0. The van der Waals surface area contributed by atoms with Crippen LogP contribution < -0.4 is 15.1 Å². The van der Waals surface area contributed by atoms with E-state index in [4.69, 9.17) is 0 Å². The molecule has 1 saturated carbocycles. The van der Waals surface area contributed by atoms with Crippen LogP contribution in [0, 0.1) is 5.92 Å². The van der Waals surface area contributed by atoms with Gasteiger partial charge in [-0.15, -0.1) is 0 Å². The number of benzene rings is 3. The number of rotatable bonds is 5. The number of carbonyl (C=O) groups excluding carboxylic acids is 3. The van der Waals surface area contributed by atoms with Crippen LogP contribution in [0.2, 0.25) is 0 Å². The number of para-hydroxylation sites is 2. The van der Waals surface area contributed by atoms with Crippen molar-refractivity contribution >= 4 is 29.1 Å². The molecule has 0 spiro atoms. The van der Waals surface area contributed by atoms with Crippen LogP contribution in [-0.2, 0) is 16.1 Å². The lowest BCUT2D eigenvalue weighted by atomic mass is 10.0. The Kier molecular flexibility index (Phi) is 6.12. The lowest BCUT2D eigenvalue weighted by molar-refractivity contribution is -0.123. The normalized spacial score (nSPS) is 19.2. The fourth-order valence-electron chi connectivity index (χ4n) is 5.11. The third-order valence-electron chi connectivity index (χ3n) is 6.71. The number of carbonyl (C=O) groups is 3. The van der Waals surface area contributed by atoms with E-state index in [1.807, 2.05) is 65.6 Å². The predicted octanol–water partition coefficient (Wildman–Crippen LogP) is 4.17. The van der Waals surface area contributed by atoms with E-state index in [1.165, 1.54) is 0 Å². The van der Waals surface area contributed by atoms with Crippen molar-refractivity contribution in [2.75, 3.05) is 16.3 Å². The van der Waals surface area contributed by atoms with Gasteiger partial charge in [0.05, 0.1) is 30.4 Å². The number of nitrogens with one attached hydrogen (secondary N) is 1. The molecule has 5 rings (SSSR count). The molecule has 1 aliphatic carbocycles. The summed E-state index contributed by atoms with van der Waals surface area (Å²) in [7, 11) is 0. The molecule has 0 saturated heterocycles. The van der Waals surface area contributed by atoms with Crippen molar-refractivity contribution in [1.29, 1.82) is 0 Å². The zero-order valence-electron chi connectivity index (χ0n) is 18.9. The summed E-state index contributed by atoms with van der Waals surface area (Å²) in [5, 5.41) is 2.76. The van der Waals surface area contributed by atoms with Gasteiger partial charge in [-0.2, -0.15) is 0 Å². The maximum absolute atomic E-state index is 13.7. The minimum Gasteiger partial charge on any atom is -0.343 e. The molecule has 2 unspecified atom stereocenters. The average molecular weight is 454 g/mol. The van der Waals surface area contributed by atoms with E-state index >= 15 is 0 Å². The Morgan fingerprint density at radius 1 is 0.824 bits per heavy atom. The van der Waals surface area contributed by atoms with Gasteiger partial charge in [-0.3, -0.25) is 14.4 Å². The van der Waals surface area contributed by atoms with Crippen LogP contribution in [0.25, 0.3) is 0 Å². The number of nitrogens with zero attached hydrogens (tertiary/aromatic N) is 2. The van der Waals surface area contributed by atoms with E-state index < -0.39 is 0 Å². The molecule has 2 aliphatic rings. The van der Waals surface area contributed by atoms with Crippen LogP contribution in [0.1, 0.15) is 35.2 Å². The van der Waals surface area contributed by atoms with Crippen molar-refractivity contribution in [3.63, 3.8) is 0 Å². The first kappa shape index (κ1) is 21.9. The highest BCUT2D eigenvalue weighted by Gasteiger charge is 2.45. The van der Waals surface area contributed by atoms with Gasteiger partial charge in [-0.25, -0.2) is 0 Å². The average Bonchev–Trinajstić information content (AvgIpc) is 3.33. The van der Waals surface area contributed by atoms with Crippen molar-refractivity contribution in [2.24, 2.45) is 5.92 Å². The molecule has 0 aromatic heterocycles. The summed E-state index contributed by atoms with van der Waals surface area (Å²) in [5.74, 6) is -0.697. The SMILES string of the molecule is O=C(NCC(=O)N1c2ccccc2N(Cc2ccccc2)C(=O)C2CCCC21)c1ccccc1. The molecule has 6 heteroatoms. The number of fused-ring (bicyclic) bond motifs is 2. The van der Waals surface area contributed by atoms with Crippen molar-refractivity contribution < 1.29 is 14.4 Å². The van der Waals surface area contributed by atoms with Gasteiger partial charge in [0.2, 0.25) is 11.8 Å². The topological polar surface area (TPSA) is 69.7 Å². The second-order valence-electron chi connectivity index (χ2n) is 8.82. The molecule has 1 aliphatic heterocycles. The summed E-state index contributed by atoms with van der Waals surface area (Å²) in [6, 6.07) is 26.1. The molecule has 1 N–H and O–H groups in total. The summed E-state index contributed by atoms with van der Waals surface area (Å²) in [4.78, 5) is 43.4. The molecule has 6 nitrogen and oxygen atoms in total. The van der Waals surface area contributed by atoms with E-state index in [0.717, 1.165) is 36.2 Å². The number of hydrogen-bond acceptors (Lipinski definition) is 3. The van der Waals surface area contributed by atoms with Crippen LogP contribution >= 0.6 is 0 Å². The van der Waals surface area contributed by atoms with E-state index in [1.54, 1.807) is 29.2 Å². The first-order chi connectivity index (χ1) is 16.6. The molecule has 3 aromatic rings. The second kappa shape index (κ2) is 9.51. The molecule has 172 valence electrons. The Balaban J connectivity index is 1.46. The van der Waals surface area contributed by atoms with Gasteiger partial charge in [0.25, 0.3) is 5.91 Å². The maximum Gasteiger partial charge on any atom is 0.251 e. The van der Waals surface area contributed by atoms with Gasteiger partial charge in [0.1, 0.15) is 0 Å². The highest BCUT2D eigenvalue weighted by atomic mass is 16.2. The van der Waals surface area contributed by atoms with Gasteiger partial charge in [0, 0.05) is 11.6 Å². The van der Waals surface area contributed by atoms with Crippen molar-refractivity contribution in [1.82, 2.24) is 5.32 Å². The Bertz CT molecular complexity index is 1200. The molecule has 0 bridgehead atoms. The Labute approximate surface area is 199 Å². The standard InChI is InChI=1S/C28H27N3O3/c32-26(18-29-27(33)21-12-5-2-6-13-21)31-23-17-9-14-22(23)28(34)30(19-20-10-3-1-4-11-20)24-15-7-8-16-25(24)31/h1-8,10-13,15-16,22-23H,9,14,17-19H2,(H,29,33).